The summed E-state index contributed by atoms with van der Waals surface area (Å²) in [5, 5.41) is 9.45. The number of nitrogens with zero attached hydrogens (tertiary/aromatic N) is 2. The van der Waals surface area contributed by atoms with E-state index in [4.69, 9.17) is 9.15 Å². The quantitative estimate of drug-likeness (QED) is 0.519. The number of carbonyl (C=O) groups excluding carboxylic acids is 1. The van der Waals surface area contributed by atoms with Gasteiger partial charge in [0, 0.05) is 11.5 Å². The Balaban J connectivity index is 1.87. The number of fused-ring (bicyclic) bond motifs is 1. The van der Waals surface area contributed by atoms with E-state index >= 15 is 0 Å². The molecule has 0 fully saturated rings. The average molecular weight is 354 g/mol. The number of nitrogens with one attached hydrogen (secondary N) is 2. The topological polar surface area (TPSA) is 110 Å². The molecule has 2 aromatic heterocycles. The summed E-state index contributed by atoms with van der Waals surface area (Å²) in [5.41, 5.74) is 1.72. The summed E-state index contributed by atoms with van der Waals surface area (Å²) >= 11 is 0. The molecule has 2 N–H and O–H groups in total. The van der Waals surface area contributed by atoms with Crippen molar-refractivity contribution in [1.29, 1.82) is 0 Å². The standard InChI is InChI=1S/C18H18N4O4/c1-10(2)8-25-12-4-5-13-11(3)14(17(24)26-15(13)6-12)7-16(23)21-18-19-9-20-22-18/h4-6,9H,1,7-8H2,2-3H3,(H2,19,20,21,22,23). The van der Waals surface area contributed by atoms with Gasteiger partial charge in [0.15, 0.2) is 0 Å². The second-order valence-corrected chi connectivity index (χ2v) is 5.96. The third-order valence-corrected chi connectivity index (χ3v) is 3.75. The third kappa shape index (κ3) is 3.80. The second-order valence-electron chi connectivity index (χ2n) is 5.96. The van der Waals surface area contributed by atoms with Crippen molar-refractivity contribution in [1.82, 2.24) is 15.2 Å². The highest BCUT2D eigenvalue weighted by molar-refractivity contribution is 5.92. The molecule has 0 saturated heterocycles. The number of carbonyl (C=O) groups is 1. The Morgan fingerprint density at radius 2 is 2.23 bits per heavy atom. The van der Waals surface area contributed by atoms with Crippen LogP contribution in [-0.4, -0.2) is 27.7 Å². The maximum Gasteiger partial charge on any atom is 0.340 e. The number of amides is 1. The Labute approximate surface area is 148 Å². The minimum absolute atomic E-state index is 0.126. The lowest BCUT2D eigenvalue weighted by Gasteiger charge is -2.10. The summed E-state index contributed by atoms with van der Waals surface area (Å²) in [4.78, 5) is 28.3. The first-order chi connectivity index (χ1) is 12.4. The average Bonchev–Trinajstić information content (AvgIpc) is 3.09. The van der Waals surface area contributed by atoms with E-state index in [1.807, 2.05) is 6.92 Å². The smallest absolute Gasteiger partial charge is 0.340 e. The van der Waals surface area contributed by atoms with Crippen LogP contribution >= 0.6 is 0 Å². The predicted octanol–water partition coefficient (Wildman–Crippen LogP) is 2.36. The van der Waals surface area contributed by atoms with Crippen LogP contribution in [0.1, 0.15) is 18.1 Å². The van der Waals surface area contributed by atoms with E-state index < -0.39 is 11.5 Å². The molecule has 0 aliphatic rings. The molecule has 8 heteroatoms. The fourth-order valence-electron chi connectivity index (χ4n) is 2.48. The van der Waals surface area contributed by atoms with Crippen LogP contribution in [0.25, 0.3) is 11.0 Å². The van der Waals surface area contributed by atoms with Gasteiger partial charge in [0.2, 0.25) is 11.9 Å². The fourth-order valence-corrected chi connectivity index (χ4v) is 2.48. The normalized spacial score (nSPS) is 10.7. The van der Waals surface area contributed by atoms with E-state index in [1.165, 1.54) is 6.33 Å². The molecule has 0 unspecified atom stereocenters. The Kier molecular flexibility index (Phi) is 4.83. The van der Waals surface area contributed by atoms with Crippen LogP contribution in [0.15, 0.2) is 45.9 Å². The fraction of sp³-hybridized carbons (Fsp3) is 0.222. The first-order valence-corrected chi connectivity index (χ1v) is 7.93. The van der Waals surface area contributed by atoms with Crippen molar-refractivity contribution < 1.29 is 13.9 Å². The van der Waals surface area contributed by atoms with Gasteiger partial charge in [0.25, 0.3) is 0 Å². The molecule has 0 aliphatic heterocycles. The number of aromatic amines is 1. The van der Waals surface area contributed by atoms with Crippen LogP contribution in [0.2, 0.25) is 0 Å². The summed E-state index contributed by atoms with van der Waals surface area (Å²) in [6, 6.07) is 5.25. The zero-order valence-corrected chi connectivity index (χ0v) is 14.5. The predicted molar refractivity (Wildman–Crippen MR) is 96.2 cm³/mol. The summed E-state index contributed by atoms with van der Waals surface area (Å²) < 4.78 is 11.0. The van der Waals surface area contributed by atoms with Gasteiger partial charge in [-0.1, -0.05) is 6.58 Å². The number of aromatic nitrogens is 3. The third-order valence-electron chi connectivity index (χ3n) is 3.75. The lowest BCUT2D eigenvalue weighted by Crippen LogP contribution is -2.21. The maximum atomic E-state index is 12.3. The molecule has 0 bridgehead atoms. The van der Waals surface area contributed by atoms with Crippen molar-refractivity contribution in [3.63, 3.8) is 0 Å². The molecule has 0 radical (unpaired) electrons. The number of benzene rings is 1. The van der Waals surface area contributed by atoms with Crippen LogP contribution in [0.5, 0.6) is 5.75 Å². The van der Waals surface area contributed by atoms with Crippen molar-refractivity contribution in [2.75, 3.05) is 11.9 Å². The van der Waals surface area contributed by atoms with Gasteiger partial charge in [-0.2, -0.15) is 10.1 Å². The molecule has 1 amide bonds. The van der Waals surface area contributed by atoms with Crippen LogP contribution in [0, 0.1) is 6.92 Å². The molecular formula is C18H18N4O4. The number of aryl methyl sites for hydroxylation is 1. The van der Waals surface area contributed by atoms with Gasteiger partial charge in [-0.3, -0.25) is 10.1 Å². The summed E-state index contributed by atoms with van der Waals surface area (Å²) in [7, 11) is 0. The van der Waals surface area contributed by atoms with Gasteiger partial charge >= 0.3 is 5.63 Å². The number of rotatable bonds is 6. The highest BCUT2D eigenvalue weighted by atomic mass is 16.5. The molecular weight excluding hydrogens is 336 g/mol. The van der Waals surface area contributed by atoms with Gasteiger partial charge in [-0.05, 0) is 37.1 Å². The maximum absolute atomic E-state index is 12.3. The van der Waals surface area contributed by atoms with Crippen molar-refractivity contribution in [3.8, 4) is 5.75 Å². The minimum Gasteiger partial charge on any atom is -0.489 e. The van der Waals surface area contributed by atoms with E-state index in [0.717, 1.165) is 11.0 Å². The molecule has 3 aromatic rings. The molecule has 26 heavy (non-hydrogen) atoms. The number of hydrogen-bond acceptors (Lipinski definition) is 6. The van der Waals surface area contributed by atoms with Gasteiger partial charge in [0.05, 0.1) is 12.0 Å². The van der Waals surface area contributed by atoms with E-state index in [1.54, 1.807) is 25.1 Å². The molecule has 0 atom stereocenters. The van der Waals surface area contributed by atoms with Crippen molar-refractivity contribution in [2.24, 2.45) is 0 Å². The van der Waals surface area contributed by atoms with Crippen molar-refractivity contribution >= 4 is 22.8 Å². The Morgan fingerprint density at radius 1 is 1.42 bits per heavy atom. The van der Waals surface area contributed by atoms with E-state index in [0.29, 0.717) is 29.1 Å². The zero-order chi connectivity index (χ0) is 18.7. The Hall–Kier alpha value is -3.42. The zero-order valence-electron chi connectivity index (χ0n) is 14.5. The molecule has 134 valence electrons. The van der Waals surface area contributed by atoms with Gasteiger partial charge in [-0.15, -0.1) is 0 Å². The van der Waals surface area contributed by atoms with Gasteiger partial charge in [-0.25, -0.2) is 9.89 Å². The molecule has 3 rings (SSSR count). The Morgan fingerprint density at radius 3 is 2.92 bits per heavy atom. The molecule has 0 spiro atoms. The van der Waals surface area contributed by atoms with Crippen LogP contribution in [0.3, 0.4) is 0 Å². The largest absolute Gasteiger partial charge is 0.489 e. The first kappa shape index (κ1) is 17.4. The van der Waals surface area contributed by atoms with Crippen LogP contribution < -0.4 is 15.7 Å². The van der Waals surface area contributed by atoms with E-state index in [9.17, 15) is 9.59 Å². The SMILES string of the molecule is C=C(C)COc1ccc2c(C)c(CC(=O)Nc3ncn[nH]3)c(=O)oc2c1. The summed E-state index contributed by atoms with van der Waals surface area (Å²) in [6.45, 7) is 7.81. The molecule has 1 aromatic carbocycles. The monoisotopic (exact) mass is 354 g/mol. The first-order valence-electron chi connectivity index (χ1n) is 7.93. The summed E-state index contributed by atoms with van der Waals surface area (Å²) in [5.74, 6) is 0.411. The molecule has 0 saturated carbocycles. The van der Waals surface area contributed by atoms with Crippen LogP contribution in [-0.2, 0) is 11.2 Å². The minimum atomic E-state index is -0.556. The second kappa shape index (κ2) is 7.22. The van der Waals surface area contributed by atoms with Gasteiger partial charge in [0.1, 0.15) is 24.3 Å². The number of H-pyrrole nitrogens is 1. The van der Waals surface area contributed by atoms with E-state index in [2.05, 4.69) is 27.1 Å². The van der Waals surface area contributed by atoms with Crippen molar-refractivity contribution in [2.45, 2.75) is 20.3 Å². The lowest BCUT2D eigenvalue weighted by atomic mass is 10.0. The van der Waals surface area contributed by atoms with E-state index in [-0.39, 0.29) is 12.4 Å². The highest BCUT2D eigenvalue weighted by Crippen LogP contribution is 2.24. The molecule has 2 heterocycles. The lowest BCUT2D eigenvalue weighted by molar-refractivity contribution is -0.115. The molecule has 8 nitrogen and oxygen atoms in total. The van der Waals surface area contributed by atoms with Gasteiger partial charge < -0.3 is 9.15 Å². The molecule has 0 aliphatic carbocycles. The number of hydrogen-bond donors (Lipinski definition) is 2. The summed E-state index contributed by atoms with van der Waals surface area (Å²) in [6.07, 6.45) is 1.15. The number of ether oxygens (including phenoxy) is 1. The number of anilines is 1. The van der Waals surface area contributed by atoms with Crippen molar-refractivity contribution in [3.05, 3.63) is 58.2 Å². The Bertz CT molecular complexity index is 1020. The highest BCUT2D eigenvalue weighted by Gasteiger charge is 2.16. The van der Waals surface area contributed by atoms with Crippen LogP contribution in [0.4, 0.5) is 5.95 Å².